The van der Waals surface area contributed by atoms with Gasteiger partial charge >= 0.3 is 0 Å². The van der Waals surface area contributed by atoms with E-state index < -0.39 is 0 Å². The van der Waals surface area contributed by atoms with Crippen LogP contribution in [0.5, 0.6) is 0 Å². The van der Waals surface area contributed by atoms with Gasteiger partial charge in [0.15, 0.2) is 0 Å². The molecule has 2 aliphatic rings. The molecule has 0 amide bonds. The SMILES string of the molecule is C=C(CCC(C)=N/C(=C\C)c1ccc2c(c1)c(CC(C)(C)CCC=O)c(-c1cccnc1C(C)CC)n2CC)N1CCCC(S)N1.C=CNCCC1(CCN(C)C(C(=C)N)C(C)C)CN(C(=C)C=C)C1.CC. The molecule has 2 aromatic heterocycles. The van der Waals surface area contributed by atoms with E-state index in [9.17, 15) is 4.79 Å². The van der Waals surface area contributed by atoms with Crippen LogP contribution in [0.25, 0.3) is 27.9 Å². The first-order chi connectivity index (χ1) is 34.3. The van der Waals surface area contributed by atoms with E-state index in [1.54, 1.807) is 6.20 Å². The molecule has 5 rings (SSSR count). The van der Waals surface area contributed by atoms with Gasteiger partial charge in [0, 0.05) is 95.6 Å². The third-order valence-electron chi connectivity index (χ3n) is 14.6. The van der Waals surface area contributed by atoms with Crippen LogP contribution < -0.4 is 16.5 Å². The molecule has 2 fully saturated rings. The number of aldehydes is 1. The molecule has 3 atom stereocenters. The lowest BCUT2D eigenvalue weighted by atomic mass is 9.73. The molecule has 1 aromatic carbocycles. The van der Waals surface area contributed by atoms with Crippen LogP contribution in [-0.4, -0.2) is 87.5 Å². The summed E-state index contributed by atoms with van der Waals surface area (Å²) in [6, 6.07) is 11.4. The average molecular weight is 1000 g/mol. The number of nitrogens with zero attached hydrogens (tertiary/aromatic N) is 6. The molecular weight excluding hydrogens is 907 g/mol. The summed E-state index contributed by atoms with van der Waals surface area (Å²) in [6.07, 6.45) is 18.2. The number of carbonyl (C=O) groups excluding carboxylic acids is 1. The largest absolute Gasteiger partial charge is 0.401 e. The minimum Gasteiger partial charge on any atom is -0.401 e. The van der Waals surface area contributed by atoms with Crippen LogP contribution in [0.15, 0.2) is 110 Å². The number of hydrogen-bond donors (Lipinski definition) is 4. The quantitative estimate of drug-likeness (QED) is 0.0197. The van der Waals surface area contributed by atoms with Crippen LogP contribution in [0.3, 0.4) is 0 Å². The number of likely N-dealkylation sites (tertiary alicyclic amines) is 1. The second kappa shape index (κ2) is 29.8. The van der Waals surface area contributed by atoms with Crippen molar-refractivity contribution in [1.29, 1.82) is 0 Å². The van der Waals surface area contributed by atoms with Gasteiger partial charge in [-0.1, -0.05) is 100 Å². The van der Waals surface area contributed by atoms with Crippen molar-refractivity contribution in [2.24, 2.45) is 27.5 Å². The molecule has 0 radical (unpaired) electrons. The first kappa shape index (κ1) is 61.5. The van der Waals surface area contributed by atoms with E-state index in [0.717, 1.165) is 143 Å². The van der Waals surface area contributed by atoms with Crippen molar-refractivity contribution in [2.75, 3.05) is 39.8 Å². The molecule has 3 aromatic rings. The third-order valence-corrected chi connectivity index (χ3v) is 14.9. The molecule has 11 heteroatoms. The molecule has 3 unspecified atom stereocenters. The van der Waals surface area contributed by atoms with Gasteiger partial charge < -0.3 is 30.3 Å². The minimum atomic E-state index is -0.0476. The van der Waals surface area contributed by atoms with Crippen molar-refractivity contribution in [2.45, 2.75) is 164 Å². The number of aryl methyl sites for hydroxylation is 1. The van der Waals surface area contributed by atoms with Crippen molar-refractivity contribution < 1.29 is 4.79 Å². The Morgan fingerprint density at radius 2 is 1.82 bits per heavy atom. The molecule has 4 N–H and O–H groups in total. The van der Waals surface area contributed by atoms with E-state index >= 15 is 0 Å². The maximum Gasteiger partial charge on any atom is 0.120 e. The zero-order valence-electron chi connectivity index (χ0n) is 47.0. The van der Waals surface area contributed by atoms with Gasteiger partial charge in [0.25, 0.3) is 0 Å². The lowest BCUT2D eigenvalue weighted by Crippen LogP contribution is -2.57. The second-order valence-electron chi connectivity index (χ2n) is 21.1. The van der Waals surface area contributed by atoms with Gasteiger partial charge in [-0.2, -0.15) is 12.6 Å². The highest BCUT2D eigenvalue weighted by atomic mass is 32.1. The Morgan fingerprint density at radius 1 is 1.11 bits per heavy atom. The summed E-state index contributed by atoms with van der Waals surface area (Å²) in [5.41, 5.74) is 21.9. The Balaban J connectivity index is 0.000000444. The molecule has 0 saturated carbocycles. The lowest BCUT2D eigenvalue weighted by molar-refractivity contribution is -0.108. The monoisotopic (exact) mass is 1000 g/mol. The van der Waals surface area contributed by atoms with Crippen LogP contribution >= 0.6 is 12.6 Å². The molecule has 0 aliphatic carbocycles. The van der Waals surface area contributed by atoms with Gasteiger partial charge in [-0.3, -0.25) is 14.9 Å². The Kier molecular flexibility index (Phi) is 25.4. The van der Waals surface area contributed by atoms with Gasteiger partial charge in [0.2, 0.25) is 0 Å². The number of aliphatic imine (C=N–C) groups is 1. The number of benzene rings is 1. The van der Waals surface area contributed by atoms with Crippen molar-refractivity contribution in [1.82, 2.24) is 35.1 Å². The fourth-order valence-corrected chi connectivity index (χ4v) is 10.7. The van der Waals surface area contributed by atoms with Crippen molar-refractivity contribution in [3.05, 3.63) is 122 Å². The van der Waals surface area contributed by atoms with Crippen LogP contribution in [0.1, 0.15) is 157 Å². The van der Waals surface area contributed by atoms with E-state index in [1.165, 1.54) is 27.7 Å². The van der Waals surface area contributed by atoms with E-state index in [4.69, 9.17) is 15.7 Å². The molecule has 72 heavy (non-hydrogen) atoms. The number of allylic oxidation sites excluding steroid dienone is 3. The minimum absolute atomic E-state index is 0.0476. The Hall–Kier alpha value is -4.84. The van der Waals surface area contributed by atoms with E-state index in [1.807, 2.05) is 26.1 Å². The summed E-state index contributed by atoms with van der Waals surface area (Å²) in [4.78, 5) is 26.1. The summed E-state index contributed by atoms with van der Waals surface area (Å²) in [5.74, 6) is 0.809. The highest BCUT2D eigenvalue weighted by molar-refractivity contribution is 7.80. The smallest absolute Gasteiger partial charge is 0.120 e. The number of hydrazine groups is 1. The van der Waals surface area contributed by atoms with Gasteiger partial charge in [-0.05, 0) is 152 Å². The van der Waals surface area contributed by atoms with Gasteiger partial charge in [-0.15, -0.1) is 0 Å². The van der Waals surface area contributed by atoms with Crippen LogP contribution in [0.4, 0.5) is 0 Å². The first-order valence-corrected chi connectivity index (χ1v) is 27.5. The molecule has 2 saturated heterocycles. The van der Waals surface area contributed by atoms with Gasteiger partial charge in [0.1, 0.15) is 6.29 Å². The normalized spacial score (nSPS) is 16.7. The fourth-order valence-electron chi connectivity index (χ4n) is 10.4. The zero-order chi connectivity index (χ0) is 53.8. The number of thiol groups is 1. The average Bonchev–Trinajstić information content (AvgIpc) is 3.65. The van der Waals surface area contributed by atoms with Gasteiger partial charge in [0.05, 0.1) is 28.5 Å². The van der Waals surface area contributed by atoms with E-state index in [-0.39, 0.29) is 16.8 Å². The number of nitrogens with one attached hydrogen (secondary N) is 2. The van der Waals surface area contributed by atoms with E-state index in [2.05, 4.69) is 181 Å². The number of rotatable bonds is 27. The van der Waals surface area contributed by atoms with Crippen LogP contribution in [0, 0.1) is 16.7 Å². The molecule has 4 heterocycles. The summed E-state index contributed by atoms with van der Waals surface area (Å²) >= 11 is 4.60. The van der Waals surface area contributed by atoms with Crippen LogP contribution in [0.2, 0.25) is 0 Å². The van der Waals surface area contributed by atoms with Crippen molar-refractivity contribution >= 4 is 41.2 Å². The topological polar surface area (TPSA) is 107 Å². The summed E-state index contributed by atoms with van der Waals surface area (Å²) < 4.78 is 2.46. The van der Waals surface area contributed by atoms with Crippen molar-refractivity contribution in [3.8, 4) is 11.3 Å². The van der Waals surface area contributed by atoms with E-state index in [0.29, 0.717) is 23.7 Å². The number of pyridine rings is 1. The number of hydrogen-bond acceptors (Lipinski definition) is 10. The zero-order valence-corrected chi connectivity index (χ0v) is 47.9. The summed E-state index contributed by atoms with van der Waals surface area (Å²) in [6.45, 7) is 49.7. The maximum atomic E-state index is 11.4. The standard InChI is InChI=1S/C39H55N5OS.C20H36N4.C2H6/c1-9-27(4)37-31(15-12-22-40-37)38-33(26-39(7,8)21-14-24-45)32-25-30(19-20-35(32)43(38)11-3)34(10-2)41-28(5)17-18-29(6)44-23-13-16-36(46)42-44;1-8-17(5)24-14-20(15-24,10-12-22-9-2)11-13-23(7)19(16(3)4)18(6)21;1-2/h10,12,15,19-20,22,24-25,27,36,42,46H,6,9,11,13-14,16-18,21,23,26H2,1-5,7-8H3;8-9,16,19,22H,1-2,5-6,10-15,21H2,3-4,7H3;1-2H3/b34-10-,41-28?;;. The van der Waals surface area contributed by atoms with Crippen molar-refractivity contribution in [3.63, 3.8) is 0 Å². The molecule has 2 aliphatic heterocycles. The lowest BCUT2D eigenvalue weighted by Gasteiger charge is -2.53. The molecular formula is C61H97N9OS. The highest BCUT2D eigenvalue weighted by Crippen LogP contribution is 2.43. The third kappa shape index (κ3) is 16.9. The number of carbonyl (C=O) groups is 1. The number of fused-ring (bicyclic) bond motifs is 1. The summed E-state index contributed by atoms with van der Waals surface area (Å²) in [7, 11) is 2.15. The number of likely N-dealkylation sites (N-methyl/N-ethyl adjacent to an activating group) is 1. The summed E-state index contributed by atoms with van der Waals surface area (Å²) in [5, 5.41) is 6.83. The Morgan fingerprint density at radius 3 is 2.40 bits per heavy atom. The Bertz CT molecular complexity index is 2310. The van der Waals surface area contributed by atoms with Gasteiger partial charge in [-0.25, -0.2) is 5.43 Å². The predicted octanol–water partition coefficient (Wildman–Crippen LogP) is 13.7. The second-order valence-corrected chi connectivity index (χ2v) is 21.7. The molecule has 10 nitrogen and oxygen atoms in total. The number of nitrogens with two attached hydrogens (primary N) is 1. The number of aromatic nitrogens is 2. The molecule has 0 bridgehead atoms. The molecule has 0 spiro atoms. The molecule has 398 valence electrons. The fraction of sp³-hybridized carbons (Fsp3) is 0.557. The van der Waals surface area contributed by atoms with Crippen LogP contribution in [-0.2, 0) is 17.8 Å². The predicted molar refractivity (Wildman–Crippen MR) is 316 cm³/mol. The Labute approximate surface area is 443 Å². The highest BCUT2D eigenvalue weighted by Gasteiger charge is 2.42. The maximum absolute atomic E-state index is 11.4. The first-order valence-electron chi connectivity index (χ1n) is 27.0.